The maximum atomic E-state index is 11.8. The van der Waals surface area contributed by atoms with Crippen molar-refractivity contribution in [1.82, 2.24) is 10.9 Å². The molecular weight excluding hydrogens is 348 g/mol. The predicted molar refractivity (Wildman–Crippen MR) is 89.7 cm³/mol. The predicted octanol–water partition coefficient (Wildman–Crippen LogP) is 0.570. The number of amides is 1. The fourth-order valence-corrected chi connectivity index (χ4v) is 2.71. The number of aromatic hydroxyl groups is 3. The van der Waals surface area contributed by atoms with Crippen molar-refractivity contribution in [1.29, 1.82) is 0 Å². The molecule has 0 aromatic heterocycles. The highest BCUT2D eigenvalue weighted by molar-refractivity contribution is 7.90. The van der Waals surface area contributed by atoms with Crippen LogP contribution >= 0.6 is 0 Å². The first-order valence-corrected chi connectivity index (χ1v) is 9.11. The summed E-state index contributed by atoms with van der Waals surface area (Å²) in [6.45, 7) is 0.0262. The minimum atomic E-state index is -3.28. The van der Waals surface area contributed by atoms with Gasteiger partial charge in [0, 0.05) is 18.4 Å². The number of sulfone groups is 1. The van der Waals surface area contributed by atoms with Gasteiger partial charge in [-0.3, -0.25) is 10.2 Å². The van der Waals surface area contributed by atoms with Crippen LogP contribution in [0.4, 0.5) is 0 Å². The Morgan fingerprint density at radius 2 is 1.64 bits per heavy atom. The molecule has 0 bridgehead atoms. The number of phenolic OH excluding ortho intramolecular Hbond substituents is 3. The summed E-state index contributed by atoms with van der Waals surface area (Å²) >= 11 is 0. The first-order chi connectivity index (χ1) is 11.7. The molecule has 2 aromatic carbocycles. The van der Waals surface area contributed by atoms with Gasteiger partial charge in [0.2, 0.25) is 11.7 Å². The van der Waals surface area contributed by atoms with Gasteiger partial charge >= 0.3 is 0 Å². The number of phenols is 3. The molecular formula is C16H18N2O6S. The smallest absolute Gasteiger partial charge is 0.238 e. The summed E-state index contributed by atoms with van der Waals surface area (Å²) in [6.07, 6.45) is 1.14. The number of hydrogen-bond acceptors (Lipinski definition) is 7. The van der Waals surface area contributed by atoms with E-state index in [0.717, 1.165) is 6.26 Å². The molecule has 0 unspecified atom stereocenters. The Morgan fingerprint density at radius 1 is 1.00 bits per heavy atom. The van der Waals surface area contributed by atoms with Gasteiger partial charge in [0.05, 0.1) is 11.3 Å². The Hall–Kier alpha value is -2.78. The summed E-state index contributed by atoms with van der Waals surface area (Å²) in [5.41, 5.74) is 5.94. The molecule has 0 atom stereocenters. The van der Waals surface area contributed by atoms with Crippen LogP contribution in [0, 0.1) is 0 Å². The molecule has 8 nitrogen and oxygen atoms in total. The number of carbonyl (C=O) groups excluding carboxylic acids is 1. The Balaban J connectivity index is 1.88. The number of hydrazine groups is 1. The zero-order valence-corrected chi connectivity index (χ0v) is 14.2. The zero-order valence-electron chi connectivity index (χ0n) is 13.4. The van der Waals surface area contributed by atoms with E-state index in [1.165, 1.54) is 24.3 Å². The average molecular weight is 366 g/mol. The van der Waals surface area contributed by atoms with Crippen LogP contribution in [0.3, 0.4) is 0 Å². The summed E-state index contributed by atoms with van der Waals surface area (Å²) in [5.74, 6) is -1.91. The number of carbonyl (C=O) groups is 1. The number of rotatable bonds is 6. The molecule has 0 saturated heterocycles. The van der Waals surface area contributed by atoms with E-state index in [1.807, 2.05) is 0 Å². The Kier molecular flexibility index (Phi) is 5.50. The van der Waals surface area contributed by atoms with E-state index in [2.05, 4.69) is 10.9 Å². The van der Waals surface area contributed by atoms with Crippen LogP contribution < -0.4 is 10.9 Å². The molecule has 1 amide bonds. The average Bonchev–Trinajstić information content (AvgIpc) is 2.54. The summed E-state index contributed by atoms with van der Waals surface area (Å²) < 4.78 is 22.7. The first-order valence-electron chi connectivity index (χ1n) is 7.22. The molecule has 25 heavy (non-hydrogen) atoms. The molecule has 2 rings (SSSR count). The molecule has 2 aromatic rings. The minimum absolute atomic E-state index is 0.0262. The second-order valence-corrected chi connectivity index (χ2v) is 7.45. The SMILES string of the molecule is CS(=O)(=O)c1ccc(CC(=O)NNCc2ccc(O)c(O)c2O)cc1. The lowest BCUT2D eigenvalue weighted by molar-refractivity contribution is -0.121. The lowest BCUT2D eigenvalue weighted by Gasteiger charge is -2.10. The molecule has 0 aliphatic rings. The molecule has 0 radical (unpaired) electrons. The summed E-state index contributed by atoms with van der Waals surface area (Å²) in [6, 6.07) is 8.59. The van der Waals surface area contributed by atoms with Crippen LogP contribution in [0.1, 0.15) is 11.1 Å². The van der Waals surface area contributed by atoms with Crippen molar-refractivity contribution in [2.75, 3.05) is 6.26 Å². The summed E-state index contributed by atoms with van der Waals surface area (Å²) in [5, 5.41) is 28.3. The zero-order chi connectivity index (χ0) is 18.6. The highest BCUT2D eigenvalue weighted by Crippen LogP contribution is 2.36. The summed E-state index contributed by atoms with van der Waals surface area (Å²) in [7, 11) is -3.28. The van der Waals surface area contributed by atoms with Crippen LogP contribution in [-0.4, -0.2) is 35.9 Å². The Bertz CT molecular complexity index is 878. The molecule has 134 valence electrons. The van der Waals surface area contributed by atoms with Gasteiger partial charge in [-0.1, -0.05) is 18.2 Å². The standard InChI is InChI=1S/C16H18N2O6S/c1-25(23,24)12-5-2-10(3-6-12)8-14(20)18-17-9-11-4-7-13(19)16(22)15(11)21/h2-7,17,19,21-22H,8-9H2,1H3,(H,18,20). The van der Waals surface area contributed by atoms with Crippen molar-refractivity contribution in [3.8, 4) is 17.2 Å². The van der Waals surface area contributed by atoms with E-state index in [9.17, 15) is 28.5 Å². The number of benzene rings is 2. The maximum absolute atomic E-state index is 11.8. The third kappa shape index (κ3) is 4.85. The fourth-order valence-electron chi connectivity index (χ4n) is 2.08. The molecule has 0 aliphatic heterocycles. The Labute approximate surface area is 144 Å². The molecule has 0 spiro atoms. The number of nitrogens with one attached hydrogen (secondary N) is 2. The lowest BCUT2D eigenvalue weighted by Crippen LogP contribution is -2.37. The van der Waals surface area contributed by atoms with Crippen LogP contribution in [0.5, 0.6) is 17.2 Å². The summed E-state index contributed by atoms with van der Waals surface area (Å²) in [4.78, 5) is 12.0. The van der Waals surface area contributed by atoms with Crippen molar-refractivity contribution < 1.29 is 28.5 Å². The van der Waals surface area contributed by atoms with Crippen LogP contribution in [-0.2, 0) is 27.6 Å². The van der Waals surface area contributed by atoms with E-state index < -0.39 is 27.1 Å². The fraction of sp³-hybridized carbons (Fsp3) is 0.188. The van der Waals surface area contributed by atoms with Crippen molar-refractivity contribution in [3.63, 3.8) is 0 Å². The monoisotopic (exact) mass is 366 g/mol. The normalized spacial score (nSPS) is 11.2. The van der Waals surface area contributed by atoms with E-state index >= 15 is 0 Å². The van der Waals surface area contributed by atoms with Gasteiger partial charge in [-0.05, 0) is 23.8 Å². The van der Waals surface area contributed by atoms with E-state index in [0.29, 0.717) is 5.56 Å². The van der Waals surface area contributed by atoms with Gasteiger partial charge in [-0.2, -0.15) is 0 Å². The van der Waals surface area contributed by atoms with Crippen LogP contribution in [0.15, 0.2) is 41.3 Å². The topological polar surface area (TPSA) is 136 Å². The van der Waals surface area contributed by atoms with E-state index in [4.69, 9.17) is 0 Å². The molecule has 9 heteroatoms. The Morgan fingerprint density at radius 3 is 2.24 bits per heavy atom. The van der Waals surface area contributed by atoms with Gasteiger partial charge in [-0.15, -0.1) is 0 Å². The molecule has 5 N–H and O–H groups in total. The van der Waals surface area contributed by atoms with Gasteiger partial charge in [0.1, 0.15) is 0 Å². The highest BCUT2D eigenvalue weighted by atomic mass is 32.2. The van der Waals surface area contributed by atoms with Crippen molar-refractivity contribution >= 4 is 15.7 Å². The van der Waals surface area contributed by atoms with Gasteiger partial charge < -0.3 is 15.3 Å². The minimum Gasteiger partial charge on any atom is -0.504 e. The molecule has 0 heterocycles. The van der Waals surface area contributed by atoms with Crippen molar-refractivity contribution in [3.05, 3.63) is 47.5 Å². The molecule has 0 fully saturated rings. The van der Waals surface area contributed by atoms with Crippen molar-refractivity contribution in [2.24, 2.45) is 0 Å². The van der Waals surface area contributed by atoms with Crippen molar-refractivity contribution in [2.45, 2.75) is 17.9 Å². The molecule has 0 saturated carbocycles. The third-order valence-electron chi connectivity index (χ3n) is 3.44. The van der Waals surface area contributed by atoms with Crippen LogP contribution in [0.2, 0.25) is 0 Å². The second kappa shape index (κ2) is 7.41. The van der Waals surface area contributed by atoms with Gasteiger partial charge in [0.25, 0.3) is 0 Å². The quantitative estimate of drug-likeness (QED) is 0.372. The van der Waals surface area contributed by atoms with Gasteiger partial charge in [-0.25, -0.2) is 13.8 Å². The maximum Gasteiger partial charge on any atom is 0.238 e. The second-order valence-electron chi connectivity index (χ2n) is 5.44. The van der Waals surface area contributed by atoms with E-state index in [1.54, 1.807) is 12.1 Å². The number of hydrogen-bond donors (Lipinski definition) is 5. The lowest BCUT2D eigenvalue weighted by atomic mass is 10.1. The third-order valence-corrected chi connectivity index (χ3v) is 4.56. The van der Waals surface area contributed by atoms with Crippen LogP contribution in [0.25, 0.3) is 0 Å². The molecule has 0 aliphatic carbocycles. The highest BCUT2D eigenvalue weighted by Gasteiger charge is 2.11. The first kappa shape index (κ1) is 18.6. The van der Waals surface area contributed by atoms with E-state index in [-0.39, 0.29) is 29.3 Å². The van der Waals surface area contributed by atoms with Gasteiger partial charge in [0.15, 0.2) is 21.3 Å². The largest absolute Gasteiger partial charge is 0.504 e.